The lowest BCUT2D eigenvalue weighted by Crippen LogP contribution is -2.51. The van der Waals surface area contributed by atoms with Crippen LogP contribution < -0.4 is 5.32 Å². The Bertz CT molecular complexity index is 1240. The van der Waals surface area contributed by atoms with Crippen LogP contribution in [-0.4, -0.2) is 66.2 Å². The van der Waals surface area contributed by atoms with E-state index in [9.17, 15) is 13.2 Å². The maximum absolute atomic E-state index is 13.1. The Hall–Kier alpha value is -2.17. The maximum Gasteiger partial charge on any atom is 0.245 e. The van der Waals surface area contributed by atoms with Crippen molar-refractivity contribution in [3.8, 4) is 0 Å². The van der Waals surface area contributed by atoms with Gasteiger partial charge in [0.1, 0.15) is 10.5 Å². The molecular formula is C21H23Cl2N5O3S. The van der Waals surface area contributed by atoms with Gasteiger partial charge in [-0.05, 0) is 36.8 Å². The van der Waals surface area contributed by atoms with Gasteiger partial charge in [0.2, 0.25) is 15.9 Å². The van der Waals surface area contributed by atoms with Crippen molar-refractivity contribution in [1.29, 1.82) is 0 Å². The van der Waals surface area contributed by atoms with Gasteiger partial charge >= 0.3 is 0 Å². The average Bonchev–Trinajstić information content (AvgIpc) is 3.19. The molecule has 1 amide bonds. The van der Waals surface area contributed by atoms with Crippen LogP contribution in [0, 0.1) is 0 Å². The number of aromatic amines is 1. The van der Waals surface area contributed by atoms with Crippen LogP contribution in [0.2, 0.25) is 10.0 Å². The lowest BCUT2D eigenvalue weighted by atomic mass is 10.1. The molecule has 32 heavy (non-hydrogen) atoms. The average molecular weight is 496 g/mol. The number of pyridine rings is 1. The van der Waals surface area contributed by atoms with Crippen LogP contribution in [0.4, 0.5) is 0 Å². The third-order valence-corrected chi connectivity index (χ3v) is 8.04. The van der Waals surface area contributed by atoms with Gasteiger partial charge in [-0.2, -0.15) is 4.31 Å². The van der Waals surface area contributed by atoms with E-state index < -0.39 is 10.0 Å². The molecule has 4 rings (SSSR count). The lowest BCUT2D eigenvalue weighted by molar-refractivity contribution is -0.123. The molecule has 2 N–H and O–H groups in total. The number of piperazine rings is 1. The summed E-state index contributed by atoms with van der Waals surface area (Å²) in [5.74, 6) is -0.150. The van der Waals surface area contributed by atoms with Crippen LogP contribution in [0.5, 0.6) is 0 Å². The molecular weight excluding hydrogens is 473 g/mol. The summed E-state index contributed by atoms with van der Waals surface area (Å²) >= 11 is 12.2. The number of rotatable bonds is 6. The van der Waals surface area contributed by atoms with Crippen molar-refractivity contribution in [1.82, 2.24) is 24.5 Å². The highest BCUT2D eigenvalue weighted by Gasteiger charge is 2.31. The third kappa shape index (κ3) is 4.77. The highest BCUT2D eigenvalue weighted by atomic mass is 35.5. The van der Waals surface area contributed by atoms with E-state index in [2.05, 4.69) is 15.3 Å². The molecule has 3 aromatic rings. The molecule has 0 spiro atoms. The molecule has 0 saturated carbocycles. The van der Waals surface area contributed by atoms with Crippen LogP contribution in [0.25, 0.3) is 11.0 Å². The number of amides is 1. The largest absolute Gasteiger partial charge is 0.348 e. The molecule has 2 aromatic heterocycles. The third-order valence-electron chi connectivity index (χ3n) is 5.54. The summed E-state index contributed by atoms with van der Waals surface area (Å²) in [5.41, 5.74) is 1.32. The summed E-state index contributed by atoms with van der Waals surface area (Å²) in [6, 6.07) is 8.34. The minimum absolute atomic E-state index is 0.150. The Labute approximate surface area is 196 Å². The van der Waals surface area contributed by atoms with Crippen LogP contribution in [-0.2, 0) is 14.8 Å². The monoisotopic (exact) mass is 495 g/mol. The van der Waals surface area contributed by atoms with Gasteiger partial charge in [0.15, 0.2) is 0 Å². The molecule has 1 aliphatic rings. The minimum atomic E-state index is -3.65. The fourth-order valence-electron chi connectivity index (χ4n) is 3.83. The number of hydrogen-bond donors (Lipinski definition) is 2. The second-order valence-corrected chi connectivity index (χ2v) is 10.4. The fraction of sp³-hybridized carbons (Fsp3) is 0.333. The Morgan fingerprint density at radius 2 is 1.97 bits per heavy atom. The number of H-pyrrole nitrogens is 1. The molecule has 8 nitrogen and oxygen atoms in total. The summed E-state index contributed by atoms with van der Waals surface area (Å²) in [5, 5.41) is 4.54. The molecule has 11 heteroatoms. The fourth-order valence-corrected chi connectivity index (χ4v) is 5.98. The van der Waals surface area contributed by atoms with Crippen LogP contribution in [0.3, 0.4) is 0 Å². The molecule has 170 valence electrons. The first-order valence-corrected chi connectivity index (χ1v) is 12.3. The van der Waals surface area contributed by atoms with Gasteiger partial charge in [0, 0.05) is 54.0 Å². The van der Waals surface area contributed by atoms with Gasteiger partial charge in [-0.1, -0.05) is 29.3 Å². The van der Waals surface area contributed by atoms with Crippen molar-refractivity contribution in [2.45, 2.75) is 17.9 Å². The smallest absolute Gasteiger partial charge is 0.245 e. The summed E-state index contributed by atoms with van der Waals surface area (Å²) in [7, 11) is -3.65. The summed E-state index contributed by atoms with van der Waals surface area (Å²) < 4.78 is 27.7. The van der Waals surface area contributed by atoms with Crippen molar-refractivity contribution >= 4 is 50.2 Å². The van der Waals surface area contributed by atoms with Crippen molar-refractivity contribution in [3.63, 3.8) is 0 Å². The van der Waals surface area contributed by atoms with E-state index in [1.54, 1.807) is 36.5 Å². The predicted molar refractivity (Wildman–Crippen MR) is 124 cm³/mol. The zero-order valence-electron chi connectivity index (χ0n) is 17.4. The van der Waals surface area contributed by atoms with Crippen molar-refractivity contribution in [3.05, 3.63) is 58.3 Å². The molecule has 1 saturated heterocycles. The Kier molecular flexibility index (Phi) is 6.73. The highest BCUT2D eigenvalue weighted by molar-refractivity contribution is 7.89. The predicted octanol–water partition coefficient (Wildman–Crippen LogP) is 3.05. The SMILES string of the molecule is CC(NC(=O)CN1CCN(S(=O)(=O)c2c[nH]c3ncccc23)CC1)c1ccc(Cl)cc1Cl. The van der Waals surface area contributed by atoms with Gasteiger partial charge in [0.25, 0.3) is 0 Å². The topological polar surface area (TPSA) is 98.4 Å². The van der Waals surface area contributed by atoms with E-state index >= 15 is 0 Å². The Morgan fingerprint density at radius 1 is 1.22 bits per heavy atom. The Balaban J connectivity index is 1.34. The quantitative estimate of drug-likeness (QED) is 0.547. The Morgan fingerprint density at radius 3 is 2.69 bits per heavy atom. The standard InChI is InChI=1S/C21H23Cl2N5O3S/c1-14(16-5-4-15(22)11-18(16)23)26-20(29)13-27-7-9-28(10-8-27)32(30,31)19-12-25-21-17(19)3-2-6-24-21/h2-6,11-12,14H,7-10,13H2,1H3,(H,24,25)(H,26,29). The van der Waals surface area contributed by atoms with E-state index in [0.29, 0.717) is 47.3 Å². The highest BCUT2D eigenvalue weighted by Crippen LogP contribution is 2.27. The van der Waals surface area contributed by atoms with Crippen LogP contribution in [0.15, 0.2) is 47.6 Å². The number of halogens is 2. The van der Waals surface area contributed by atoms with Crippen molar-refractivity contribution < 1.29 is 13.2 Å². The number of nitrogens with zero attached hydrogens (tertiary/aromatic N) is 3. The molecule has 1 fully saturated rings. The number of benzene rings is 1. The van der Waals surface area contributed by atoms with Gasteiger partial charge in [-0.3, -0.25) is 9.69 Å². The molecule has 1 atom stereocenters. The summed E-state index contributed by atoms with van der Waals surface area (Å²) in [6.45, 7) is 3.57. The normalized spacial score (nSPS) is 16.8. The van der Waals surface area contributed by atoms with E-state index in [1.165, 1.54) is 10.5 Å². The minimum Gasteiger partial charge on any atom is -0.348 e. The number of nitrogens with one attached hydrogen (secondary N) is 2. The van der Waals surface area contributed by atoms with Gasteiger partial charge < -0.3 is 10.3 Å². The number of sulfonamides is 1. The number of fused-ring (bicyclic) bond motifs is 1. The van der Waals surface area contributed by atoms with Crippen LogP contribution in [0.1, 0.15) is 18.5 Å². The zero-order valence-corrected chi connectivity index (χ0v) is 19.7. The number of aromatic nitrogens is 2. The molecule has 0 radical (unpaired) electrons. The lowest BCUT2D eigenvalue weighted by Gasteiger charge is -2.33. The molecule has 1 aliphatic heterocycles. The molecule has 1 unspecified atom stereocenters. The van der Waals surface area contributed by atoms with E-state index in [-0.39, 0.29) is 23.4 Å². The first-order valence-electron chi connectivity index (χ1n) is 10.1. The second kappa shape index (κ2) is 9.36. The first-order chi connectivity index (χ1) is 15.3. The van der Waals surface area contributed by atoms with E-state index in [1.807, 2.05) is 11.8 Å². The number of carbonyl (C=O) groups is 1. The second-order valence-electron chi connectivity index (χ2n) is 7.69. The molecule has 3 heterocycles. The number of hydrogen-bond acceptors (Lipinski definition) is 5. The van der Waals surface area contributed by atoms with Gasteiger partial charge in [-0.25, -0.2) is 13.4 Å². The van der Waals surface area contributed by atoms with Gasteiger partial charge in [0.05, 0.1) is 12.6 Å². The van der Waals surface area contributed by atoms with E-state index in [0.717, 1.165) is 5.56 Å². The maximum atomic E-state index is 13.1. The van der Waals surface area contributed by atoms with Crippen LogP contribution >= 0.6 is 23.2 Å². The van der Waals surface area contributed by atoms with Crippen molar-refractivity contribution in [2.24, 2.45) is 0 Å². The van der Waals surface area contributed by atoms with E-state index in [4.69, 9.17) is 23.2 Å². The summed E-state index contributed by atoms with van der Waals surface area (Å²) in [4.78, 5) is 21.7. The molecule has 0 bridgehead atoms. The molecule has 0 aliphatic carbocycles. The first kappa shape index (κ1) is 23.0. The molecule has 1 aromatic carbocycles. The number of carbonyl (C=O) groups excluding carboxylic acids is 1. The van der Waals surface area contributed by atoms with Gasteiger partial charge in [-0.15, -0.1) is 0 Å². The van der Waals surface area contributed by atoms with Crippen molar-refractivity contribution in [2.75, 3.05) is 32.7 Å². The zero-order chi connectivity index (χ0) is 22.9. The summed E-state index contributed by atoms with van der Waals surface area (Å²) in [6.07, 6.45) is 3.09.